The van der Waals surface area contributed by atoms with Crippen LogP contribution >= 0.6 is 0 Å². The quantitative estimate of drug-likeness (QED) is 0.590. The van der Waals surface area contributed by atoms with Crippen LogP contribution in [0.4, 0.5) is 4.79 Å². The summed E-state index contributed by atoms with van der Waals surface area (Å²) in [6, 6.07) is -0.00578. The maximum atomic E-state index is 11.9. The Morgan fingerprint density at radius 3 is 3.06 bits per heavy atom. The lowest BCUT2D eigenvalue weighted by Gasteiger charge is -2.35. The zero-order valence-corrected chi connectivity index (χ0v) is 8.96. The fraction of sp³-hybridized carbons (Fsp3) is 0.625. The molecule has 3 rings (SSSR count). The third-order valence-corrected chi connectivity index (χ3v) is 3.06. The normalized spacial score (nSPS) is 23.5. The molecule has 2 aliphatic rings. The van der Waals surface area contributed by atoms with Gasteiger partial charge in [0.1, 0.15) is 0 Å². The summed E-state index contributed by atoms with van der Waals surface area (Å²) in [6.07, 6.45) is 0. The summed E-state index contributed by atoms with van der Waals surface area (Å²) in [6.45, 7) is 2.12. The molecular weight excluding hydrogens is 226 g/mol. The van der Waals surface area contributed by atoms with Crippen molar-refractivity contribution in [3.05, 3.63) is 5.82 Å². The van der Waals surface area contributed by atoms with Crippen molar-refractivity contribution in [2.45, 2.75) is 6.04 Å². The lowest BCUT2D eigenvalue weighted by molar-refractivity contribution is 0.0605. The zero-order valence-electron chi connectivity index (χ0n) is 8.96. The third kappa shape index (κ3) is 1.59. The molecule has 9 heteroatoms. The van der Waals surface area contributed by atoms with Crippen molar-refractivity contribution < 1.29 is 9.59 Å². The number of tetrazole rings is 1. The molecule has 2 saturated heterocycles. The van der Waals surface area contributed by atoms with Crippen molar-refractivity contribution in [2.75, 3.05) is 26.2 Å². The molecule has 0 aliphatic carbocycles. The second kappa shape index (κ2) is 3.68. The van der Waals surface area contributed by atoms with Gasteiger partial charge in [-0.15, -0.1) is 10.2 Å². The number of fused-ring (bicyclic) bond motifs is 1. The number of aromatic amines is 1. The van der Waals surface area contributed by atoms with Crippen LogP contribution in [0.1, 0.15) is 10.6 Å². The van der Waals surface area contributed by atoms with Crippen LogP contribution in [0.2, 0.25) is 0 Å². The van der Waals surface area contributed by atoms with E-state index in [0.717, 1.165) is 0 Å². The predicted molar refractivity (Wildman–Crippen MR) is 54.0 cm³/mol. The van der Waals surface area contributed by atoms with Crippen molar-refractivity contribution in [3.63, 3.8) is 0 Å². The van der Waals surface area contributed by atoms with E-state index in [2.05, 4.69) is 25.9 Å². The van der Waals surface area contributed by atoms with E-state index < -0.39 is 0 Å². The Kier molecular flexibility index (Phi) is 2.16. The van der Waals surface area contributed by atoms with Gasteiger partial charge < -0.3 is 15.1 Å². The summed E-state index contributed by atoms with van der Waals surface area (Å²) >= 11 is 0. The molecule has 1 aromatic heterocycles. The molecule has 17 heavy (non-hydrogen) atoms. The molecule has 0 radical (unpaired) electrons. The standard InChI is InChI=1S/C8H11N7O2/c16-7(6-10-12-13-11-6)14-1-2-15-5(4-14)3-9-8(15)17/h5H,1-4H2,(H,9,17)(H,10,11,12,13). The second-order valence-electron chi connectivity index (χ2n) is 4.02. The highest BCUT2D eigenvalue weighted by Crippen LogP contribution is 2.15. The first kappa shape index (κ1) is 10.00. The van der Waals surface area contributed by atoms with E-state index in [-0.39, 0.29) is 23.8 Å². The molecule has 3 heterocycles. The molecule has 3 amide bonds. The fourth-order valence-electron chi connectivity index (χ4n) is 2.18. The van der Waals surface area contributed by atoms with Crippen molar-refractivity contribution >= 4 is 11.9 Å². The number of rotatable bonds is 1. The van der Waals surface area contributed by atoms with Gasteiger partial charge in [-0.2, -0.15) is 5.21 Å². The Morgan fingerprint density at radius 2 is 2.29 bits per heavy atom. The molecule has 9 nitrogen and oxygen atoms in total. The maximum Gasteiger partial charge on any atom is 0.317 e. The summed E-state index contributed by atoms with van der Waals surface area (Å²) < 4.78 is 0. The summed E-state index contributed by atoms with van der Waals surface area (Å²) in [5, 5.41) is 15.7. The number of hydrogen-bond acceptors (Lipinski definition) is 5. The van der Waals surface area contributed by atoms with Crippen LogP contribution in [0.15, 0.2) is 0 Å². The van der Waals surface area contributed by atoms with Gasteiger partial charge in [0.05, 0.1) is 6.04 Å². The minimum atomic E-state index is -0.252. The van der Waals surface area contributed by atoms with Gasteiger partial charge in [0, 0.05) is 26.2 Å². The van der Waals surface area contributed by atoms with Crippen molar-refractivity contribution in [1.29, 1.82) is 0 Å². The van der Waals surface area contributed by atoms with E-state index in [0.29, 0.717) is 26.2 Å². The average molecular weight is 237 g/mol. The highest BCUT2D eigenvalue weighted by molar-refractivity contribution is 5.90. The molecular formula is C8H11N7O2. The van der Waals surface area contributed by atoms with Crippen molar-refractivity contribution in [3.8, 4) is 0 Å². The van der Waals surface area contributed by atoms with Crippen LogP contribution in [0, 0.1) is 0 Å². The number of aromatic nitrogens is 4. The van der Waals surface area contributed by atoms with Crippen molar-refractivity contribution in [2.24, 2.45) is 0 Å². The highest BCUT2D eigenvalue weighted by Gasteiger charge is 2.37. The van der Waals surface area contributed by atoms with Gasteiger partial charge in [-0.25, -0.2) is 4.79 Å². The topological polar surface area (TPSA) is 107 Å². The number of piperazine rings is 1. The zero-order chi connectivity index (χ0) is 11.8. The van der Waals surface area contributed by atoms with Gasteiger partial charge >= 0.3 is 6.03 Å². The monoisotopic (exact) mass is 237 g/mol. The van der Waals surface area contributed by atoms with Gasteiger partial charge in [-0.3, -0.25) is 4.79 Å². The largest absolute Gasteiger partial charge is 0.336 e. The number of carbonyl (C=O) groups excluding carboxylic acids is 2. The van der Waals surface area contributed by atoms with Gasteiger partial charge in [-0.1, -0.05) is 0 Å². The fourth-order valence-corrected chi connectivity index (χ4v) is 2.18. The van der Waals surface area contributed by atoms with Gasteiger partial charge in [0.2, 0.25) is 0 Å². The first-order chi connectivity index (χ1) is 8.25. The van der Waals surface area contributed by atoms with Crippen LogP contribution in [-0.2, 0) is 0 Å². The smallest absolute Gasteiger partial charge is 0.317 e. The van der Waals surface area contributed by atoms with E-state index in [1.165, 1.54) is 0 Å². The highest BCUT2D eigenvalue weighted by atomic mass is 16.2. The molecule has 2 N–H and O–H groups in total. The predicted octanol–water partition coefficient (Wildman–Crippen LogP) is -1.95. The Labute approximate surface area is 96.1 Å². The molecule has 1 unspecified atom stereocenters. The lowest BCUT2D eigenvalue weighted by Crippen LogP contribution is -2.53. The molecule has 2 fully saturated rings. The molecule has 1 atom stereocenters. The Hall–Kier alpha value is -2.19. The van der Waals surface area contributed by atoms with Crippen LogP contribution in [-0.4, -0.2) is 74.6 Å². The van der Waals surface area contributed by atoms with Gasteiger partial charge in [-0.05, 0) is 5.21 Å². The second-order valence-corrected chi connectivity index (χ2v) is 4.02. The number of carbonyl (C=O) groups is 2. The minimum Gasteiger partial charge on any atom is -0.336 e. The van der Waals surface area contributed by atoms with Crippen molar-refractivity contribution in [1.82, 2.24) is 35.7 Å². The lowest BCUT2D eigenvalue weighted by atomic mass is 10.2. The average Bonchev–Trinajstić information content (AvgIpc) is 2.98. The molecule has 0 saturated carbocycles. The molecule has 2 aliphatic heterocycles. The Morgan fingerprint density at radius 1 is 1.41 bits per heavy atom. The minimum absolute atomic E-state index is 0.0482. The number of hydrogen-bond donors (Lipinski definition) is 2. The van der Waals surface area contributed by atoms with Crippen LogP contribution in [0.5, 0.6) is 0 Å². The van der Waals surface area contributed by atoms with Crippen LogP contribution < -0.4 is 5.32 Å². The third-order valence-electron chi connectivity index (χ3n) is 3.06. The number of amides is 3. The van der Waals surface area contributed by atoms with Gasteiger partial charge in [0.15, 0.2) is 0 Å². The van der Waals surface area contributed by atoms with Crippen LogP contribution in [0.3, 0.4) is 0 Å². The maximum absolute atomic E-state index is 11.9. The first-order valence-electron chi connectivity index (χ1n) is 5.33. The Bertz CT molecular complexity index is 445. The molecule has 0 spiro atoms. The molecule has 1 aromatic rings. The SMILES string of the molecule is O=C(c1nn[nH]n1)N1CCN2C(=O)NCC2C1. The van der Waals surface area contributed by atoms with E-state index in [1.54, 1.807) is 9.80 Å². The molecule has 0 bridgehead atoms. The summed E-state index contributed by atoms with van der Waals surface area (Å²) in [7, 11) is 0. The summed E-state index contributed by atoms with van der Waals surface area (Å²) in [4.78, 5) is 26.7. The van der Waals surface area contributed by atoms with E-state index in [4.69, 9.17) is 0 Å². The van der Waals surface area contributed by atoms with E-state index in [1.807, 2.05) is 0 Å². The Balaban J connectivity index is 1.71. The van der Waals surface area contributed by atoms with Crippen LogP contribution in [0.25, 0.3) is 0 Å². The first-order valence-corrected chi connectivity index (χ1v) is 5.33. The molecule has 0 aromatic carbocycles. The van der Waals surface area contributed by atoms with E-state index in [9.17, 15) is 9.59 Å². The van der Waals surface area contributed by atoms with Gasteiger partial charge in [0.25, 0.3) is 11.7 Å². The number of urea groups is 1. The summed E-state index contributed by atoms with van der Waals surface area (Å²) in [5.74, 6) is -0.187. The van der Waals surface area contributed by atoms with E-state index >= 15 is 0 Å². The number of nitrogens with one attached hydrogen (secondary N) is 2. The number of H-pyrrole nitrogens is 1. The molecule has 90 valence electrons. The number of nitrogens with zero attached hydrogens (tertiary/aromatic N) is 5. The summed E-state index contributed by atoms with van der Waals surface area (Å²) in [5.41, 5.74) is 0.